The number of hydrogen-bond acceptors (Lipinski definition) is 4. The minimum Gasteiger partial charge on any atom is -0.415 e. The molecule has 0 aromatic heterocycles. The van der Waals surface area contributed by atoms with Crippen LogP contribution in [-0.2, 0) is 9.47 Å². The second kappa shape index (κ2) is 5.87. The first kappa shape index (κ1) is 11.3. The fourth-order valence-electron chi connectivity index (χ4n) is 0.454. The number of rotatable bonds is 3. The lowest BCUT2D eigenvalue weighted by Gasteiger charge is -2.05. The van der Waals surface area contributed by atoms with Gasteiger partial charge in [-0.05, 0) is 13.8 Å². The number of amides is 2. The van der Waals surface area contributed by atoms with E-state index >= 15 is 0 Å². The third-order valence-electron chi connectivity index (χ3n) is 0.821. The number of nitrogens with one attached hydrogen (secondary N) is 1. The zero-order valence-corrected chi connectivity index (χ0v) is 7.44. The average Bonchev–Trinajstić information content (AvgIpc) is 1.96. The molecule has 6 heteroatoms. The van der Waals surface area contributed by atoms with Gasteiger partial charge in [-0.25, -0.2) is 9.59 Å². The van der Waals surface area contributed by atoms with Crippen molar-refractivity contribution in [2.75, 3.05) is 0 Å². The van der Waals surface area contributed by atoms with Crippen LogP contribution >= 0.6 is 0 Å². The number of hydrogen-bond donors (Lipinski definition) is 2. The molecule has 0 rings (SSSR count). The molecule has 0 bridgehead atoms. The first-order valence-electron chi connectivity index (χ1n) is 3.60. The zero-order chi connectivity index (χ0) is 10.3. The molecule has 0 aromatic rings. The number of nitrogens with two attached hydrogens (primary N) is 1. The van der Waals surface area contributed by atoms with Gasteiger partial charge in [0, 0.05) is 6.04 Å². The van der Waals surface area contributed by atoms with E-state index in [0.717, 1.165) is 12.5 Å². The molecular formula is C7H12N2O4. The molecule has 0 aliphatic carbocycles. The van der Waals surface area contributed by atoms with Crippen LogP contribution in [0.5, 0.6) is 0 Å². The standard InChI is InChI=1S/C7H12N2O4/c1-5(2)9-7(11)13-4-3-12-6(8)10/h3-5H,1-2H3,(H2,8,10)(H,9,11). The van der Waals surface area contributed by atoms with Crippen molar-refractivity contribution in [3.63, 3.8) is 0 Å². The molecule has 0 aliphatic heterocycles. The number of alkyl carbamates (subject to hydrolysis) is 1. The highest BCUT2D eigenvalue weighted by atomic mass is 16.6. The van der Waals surface area contributed by atoms with Crippen molar-refractivity contribution in [3.05, 3.63) is 12.5 Å². The Morgan fingerprint density at radius 1 is 1.31 bits per heavy atom. The highest BCUT2D eigenvalue weighted by molar-refractivity contribution is 5.68. The van der Waals surface area contributed by atoms with Crippen LogP contribution in [0, 0.1) is 0 Å². The highest BCUT2D eigenvalue weighted by Gasteiger charge is 2.00. The largest absolute Gasteiger partial charge is 0.415 e. The summed E-state index contributed by atoms with van der Waals surface area (Å²) in [7, 11) is 0. The fourth-order valence-corrected chi connectivity index (χ4v) is 0.454. The predicted molar refractivity (Wildman–Crippen MR) is 44.6 cm³/mol. The maximum Gasteiger partial charge on any atom is 0.412 e. The van der Waals surface area contributed by atoms with E-state index in [1.54, 1.807) is 13.8 Å². The predicted octanol–water partition coefficient (Wildman–Crippen LogP) is 0.688. The van der Waals surface area contributed by atoms with Gasteiger partial charge in [0.25, 0.3) is 0 Å². The van der Waals surface area contributed by atoms with Crippen molar-refractivity contribution in [3.8, 4) is 0 Å². The van der Waals surface area contributed by atoms with Gasteiger partial charge in [0.05, 0.1) is 0 Å². The summed E-state index contributed by atoms with van der Waals surface area (Å²) in [6.45, 7) is 3.57. The van der Waals surface area contributed by atoms with Gasteiger partial charge in [-0.1, -0.05) is 0 Å². The number of carbonyl (C=O) groups is 2. The van der Waals surface area contributed by atoms with E-state index in [-0.39, 0.29) is 6.04 Å². The minimum atomic E-state index is -0.968. The Bertz CT molecular complexity index is 213. The smallest absolute Gasteiger partial charge is 0.412 e. The Balaban J connectivity index is 3.57. The molecule has 0 atom stereocenters. The van der Waals surface area contributed by atoms with E-state index in [1.807, 2.05) is 0 Å². The molecule has 0 aromatic carbocycles. The second-order valence-corrected chi connectivity index (χ2v) is 2.41. The number of carbonyl (C=O) groups excluding carboxylic acids is 2. The SMILES string of the molecule is CC(C)NC(=O)OC=COC(N)=O. The molecule has 0 saturated carbocycles. The Labute approximate surface area is 75.7 Å². The highest BCUT2D eigenvalue weighted by Crippen LogP contribution is 1.84. The molecule has 0 fully saturated rings. The minimum absolute atomic E-state index is 0.0158. The maximum atomic E-state index is 10.7. The zero-order valence-electron chi connectivity index (χ0n) is 7.44. The maximum absolute atomic E-state index is 10.7. The lowest BCUT2D eigenvalue weighted by molar-refractivity contribution is 0.174. The van der Waals surface area contributed by atoms with Crippen molar-refractivity contribution >= 4 is 12.2 Å². The molecule has 13 heavy (non-hydrogen) atoms. The van der Waals surface area contributed by atoms with Crippen LogP contribution in [0.4, 0.5) is 9.59 Å². The summed E-state index contributed by atoms with van der Waals surface area (Å²) in [5, 5.41) is 2.45. The summed E-state index contributed by atoms with van der Waals surface area (Å²) < 4.78 is 8.59. The van der Waals surface area contributed by atoms with Gasteiger partial charge in [0.1, 0.15) is 12.5 Å². The molecule has 0 saturated heterocycles. The van der Waals surface area contributed by atoms with Crippen LogP contribution in [0.25, 0.3) is 0 Å². The molecule has 0 heterocycles. The van der Waals surface area contributed by atoms with E-state index in [2.05, 4.69) is 20.5 Å². The summed E-state index contributed by atoms with van der Waals surface area (Å²) in [4.78, 5) is 20.8. The second-order valence-electron chi connectivity index (χ2n) is 2.41. The number of primary amides is 1. The lowest BCUT2D eigenvalue weighted by atomic mass is 10.4. The Morgan fingerprint density at radius 2 is 1.85 bits per heavy atom. The molecular weight excluding hydrogens is 176 g/mol. The average molecular weight is 188 g/mol. The Hall–Kier alpha value is -1.72. The molecule has 3 N–H and O–H groups in total. The van der Waals surface area contributed by atoms with Gasteiger partial charge in [0.15, 0.2) is 0 Å². The van der Waals surface area contributed by atoms with Crippen molar-refractivity contribution < 1.29 is 19.1 Å². The van der Waals surface area contributed by atoms with Crippen molar-refractivity contribution in [1.29, 1.82) is 0 Å². The van der Waals surface area contributed by atoms with Crippen molar-refractivity contribution in [2.24, 2.45) is 5.73 Å². The molecule has 6 nitrogen and oxygen atoms in total. The Morgan fingerprint density at radius 3 is 2.31 bits per heavy atom. The summed E-state index contributed by atoms with van der Waals surface area (Å²) in [5.41, 5.74) is 4.62. The quantitative estimate of drug-likeness (QED) is 0.637. The van der Waals surface area contributed by atoms with E-state index in [1.165, 1.54) is 0 Å². The third kappa shape index (κ3) is 8.18. The molecule has 2 amide bonds. The number of ether oxygens (including phenoxy) is 2. The molecule has 0 spiro atoms. The molecule has 0 aliphatic rings. The van der Waals surface area contributed by atoms with E-state index in [4.69, 9.17) is 0 Å². The summed E-state index contributed by atoms with van der Waals surface area (Å²) in [5.74, 6) is 0. The summed E-state index contributed by atoms with van der Waals surface area (Å²) in [6.07, 6.45) is 0.202. The molecule has 0 radical (unpaired) electrons. The lowest BCUT2D eigenvalue weighted by Crippen LogP contribution is -2.29. The van der Waals surface area contributed by atoms with Crippen LogP contribution in [0.3, 0.4) is 0 Å². The molecule has 74 valence electrons. The van der Waals surface area contributed by atoms with Crippen LogP contribution in [0.15, 0.2) is 12.5 Å². The first-order valence-corrected chi connectivity index (χ1v) is 3.60. The monoisotopic (exact) mass is 188 g/mol. The van der Waals surface area contributed by atoms with Crippen LogP contribution in [-0.4, -0.2) is 18.2 Å². The summed E-state index contributed by atoms with van der Waals surface area (Å²) >= 11 is 0. The van der Waals surface area contributed by atoms with E-state index in [0.29, 0.717) is 0 Å². The van der Waals surface area contributed by atoms with Gasteiger partial charge in [0.2, 0.25) is 0 Å². The topological polar surface area (TPSA) is 90.7 Å². The van der Waals surface area contributed by atoms with E-state index < -0.39 is 12.2 Å². The van der Waals surface area contributed by atoms with Crippen LogP contribution in [0.1, 0.15) is 13.8 Å². The fraction of sp³-hybridized carbons (Fsp3) is 0.429. The van der Waals surface area contributed by atoms with Crippen molar-refractivity contribution in [1.82, 2.24) is 5.32 Å². The van der Waals surface area contributed by atoms with E-state index in [9.17, 15) is 9.59 Å². The van der Waals surface area contributed by atoms with Crippen molar-refractivity contribution in [2.45, 2.75) is 19.9 Å². The molecule has 0 unspecified atom stereocenters. The normalized spacial score (nSPS) is 10.1. The third-order valence-corrected chi connectivity index (χ3v) is 0.821. The van der Waals surface area contributed by atoms with Gasteiger partial charge in [-0.2, -0.15) is 0 Å². The van der Waals surface area contributed by atoms with Gasteiger partial charge >= 0.3 is 12.2 Å². The van der Waals surface area contributed by atoms with Gasteiger partial charge in [-0.15, -0.1) is 0 Å². The van der Waals surface area contributed by atoms with Crippen LogP contribution in [0.2, 0.25) is 0 Å². The van der Waals surface area contributed by atoms with Crippen LogP contribution < -0.4 is 11.1 Å². The Kier molecular flexibility index (Phi) is 5.09. The van der Waals surface area contributed by atoms with Gasteiger partial charge < -0.3 is 20.5 Å². The summed E-state index contributed by atoms with van der Waals surface area (Å²) in [6, 6.07) is -0.0158. The van der Waals surface area contributed by atoms with Gasteiger partial charge in [-0.3, -0.25) is 0 Å². The first-order chi connectivity index (χ1) is 6.02.